The number of carbonyl (C=O) groups excluding carboxylic acids is 1. The maximum Gasteiger partial charge on any atom is 0.251 e. The van der Waals surface area contributed by atoms with Crippen molar-refractivity contribution >= 4 is 22.4 Å². The number of fused-ring (bicyclic) bond motifs is 3. The Morgan fingerprint density at radius 1 is 1.27 bits per heavy atom. The molecule has 3 aliphatic heterocycles. The van der Waals surface area contributed by atoms with E-state index in [1.165, 1.54) is 12.1 Å². The minimum absolute atomic E-state index is 0.163. The van der Waals surface area contributed by atoms with Gasteiger partial charge in [-0.2, -0.15) is 0 Å². The Balaban J connectivity index is 1.19. The first kappa shape index (κ1) is 19.8. The number of halogens is 1. The second-order valence-electron chi connectivity index (χ2n) is 8.18. The topological polar surface area (TPSA) is 63.7 Å². The van der Waals surface area contributed by atoms with Crippen molar-refractivity contribution in [3.05, 3.63) is 28.9 Å². The van der Waals surface area contributed by atoms with E-state index in [0.717, 1.165) is 73.0 Å². The molecule has 0 saturated carbocycles. The smallest absolute Gasteiger partial charge is 0.251 e. The average molecular weight is 432 g/mol. The second-order valence-corrected chi connectivity index (χ2v) is 9.26. The van der Waals surface area contributed by atoms with Gasteiger partial charge in [-0.3, -0.25) is 4.79 Å². The molecule has 0 aliphatic carbocycles. The Morgan fingerprint density at radius 3 is 2.93 bits per heavy atom. The number of anilines is 1. The van der Waals surface area contributed by atoms with Crippen molar-refractivity contribution < 1.29 is 18.7 Å². The molecule has 8 heteroatoms. The molecule has 1 amide bonds. The molecule has 2 fully saturated rings. The van der Waals surface area contributed by atoms with Gasteiger partial charge >= 0.3 is 0 Å². The van der Waals surface area contributed by atoms with Crippen molar-refractivity contribution in [2.45, 2.75) is 38.2 Å². The number of carbonyl (C=O) groups is 1. The monoisotopic (exact) mass is 431 g/mol. The molecule has 0 radical (unpaired) electrons. The van der Waals surface area contributed by atoms with Crippen LogP contribution in [0.4, 0.5) is 9.52 Å². The Hall–Kier alpha value is -2.19. The van der Waals surface area contributed by atoms with Gasteiger partial charge in [0.15, 0.2) is 5.13 Å². The zero-order valence-electron chi connectivity index (χ0n) is 16.9. The number of thiazole rings is 1. The van der Waals surface area contributed by atoms with Gasteiger partial charge in [0.2, 0.25) is 0 Å². The van der Waals surface area contributed by atoms with E-state index < -0.39 is 0 Å². The third-order valence-corrected chi connectivity index (χ3v) is 7.23. The first-order chi connectivity index (χ1) is 14.7. The van der Waals surface area contributed by atoms with E-state index in [0.29, 0.717) is 24.9 Å². The van der Waals surface area contributed by atoms with Gasteiger partial charge in [0, 0.05) is 43.1 Å². The molecule has 1 atom stereocenters. The number of ether oxygens (including phenoxy) is 2. The minimum Gasteiger partial charge on any atom is -0.493 e. The molecular weight excluding hydrogens is 405 g/mol. The number of likely N-dealkylation sites (tertiary alicyclic amines) is 1. The molecule has 3 aliphatic rings. The van der Waals surface area contributed by atoms with E-state index in [9.17, 15) is 9.18 Å². The summed E-state index contributed by atoms with van der Waals surface area (Å²) >= 11 is 1.62. The van der Waals surface area contributed by atoms with E-state index in [-0.39, 0.29) is 17.8 Å². The number of hydrogen-bond acceptors (Lipinski definition) is 6. The highest BCUT2D eigenvalue weighted by Crippen LogP contribution is 2.39. The Morgan fingerprint density at radius 2 is 2.13 bits per heavy atom. The lowest BCUT2D eigenvalue weighted by Gasteiger charge is -2.33. The van der Waals surface area contributed by atoms with Crippen LogP contribution in [-0.4, -0.2) is 54.7 Å². The molecule has 2 saturated heterocycles. The maximum atomic E-state index is 13.8. The van der Waals surface area contributed by atoms with Crippen LogP contribution < -0.4 is 10.1 Å². The molecule has 5 rings (SSSR count). The third kappa shape index (κ3) is 4.03. The van der Waals surface area contributed by atoms with Crippen molar-refractivity contribution in [1.29, 1.82) is 0 Å². The average Bonchev–Trinajstić information content (AvgIpc) is 3.41. The highest BCUT2D eigenvalue weighted by Gasteiger charge is 2.31. The first-order valence-corrected chi connectivity index (χ1v) is 11.6. The fourth-order valence-electron chi connectivity index (χ4n) is 4.44. The van der Waals surface area contributed by atoms with E-state index in [1.807, 2.05) is 4.90 Å². The summed E-state index contributed by atoms with van der Waals surface area (Å²) in [5, 5.41) is 4.35. The second kappa shape index (κ2) is 8.51. The van der Waals surface area contributed by atoms with E-state index in [2.05, 4.69) is 5.32 Å². The first-order valence-electron chi connectivity index (χ1n) is 10.7. The molecule has 1 aromatic carbocycles. The van der Waals surface area contributed by atoms with Gasteiger partial charge < -0.3 is 19.7 Å². The number of piperidine rings is 1. The van der Waals surface area contributed by atoms with Gasteiger partial charge in [-0.1, -0.05) is 0 Å². The molecule has 4 heterocycles. The molecule has 0 unspecified atom stereocenters. The van der Waals surface area contributed by atoms with Gasteiger partial charge in [0.05, 0.1) is 12.3 Å². The largest absolute Gasteiger partial charge is 0.493 e. The lowest BCUT2D eigenvalue weighted by atomic mass is 9.96. The highest BCUT2D eigenvalue weighted by atomic mass is 32.1. The molecule has 6 nitrogen and oxygen atoms in total. The number of aromatic nitrogens is 1. The molecule has 1 aromatic heterocycles. The number of benzene rings is 1. The zero-order valence-corrected chi connectivity index (χ0v) is 17.7. The lowest BCUT2D eigenvalue weighted by molar-refractivity contribution is -0.142. The number of nitrogens with one attached hydrogen (secondary N) is 1. The molecule has 0 bridgehead atoms. The van der Waals surface area contributed by atoms with E-state index >= 15 is 0 Å². The Labute approximate surface area is 179 Å². The third-order valence-electron chi connectivity index (χ3n) is 6.15. The van der Waals surface area contributed by atoms with Crippen molar-refractivity contribution in [2.24, 2.45) is 5.92 Å². The van der Waals surface area contributed by atoms with Crippen LogP contribution in [0.5, 0.6) is 5.75 Å². The van der Waals surface area contributed by atoms with Crippen LogP contribution >= 0.6 is 11.3 Å². The number of hydrogen-bond donors (Lipinski definition) is 1. The van der Waals surface area contributed by atoms with Crippen LogP contribution in [0.2, 0.25) is 0 Å². The fraction of sp³-hybridized carbons (Fsp3) is 0.545. The van der Waals surface area contributed by atoms with Gasteiger partial charge in [-0.15, -0.1) is 11.3 Å². The lowest BCUT2D eigenvalue weighted by Crippen LogP contribution is -2.44. The Kier molecular flexibility index (Phi) is 5.60. The molecule has 160 valence electrons. The van der Waals surface area contributed by atoms with Crippen LogP contribution in [0, 0.1) is 11.7 Å². The summed E-state index contributed by atoms with van der Waals surface area (Å²) in [6, 6.07) is 4.60. The molecule has 1 N–H and O–H groups in total. The minimum atomic E-state index is -0.281. The van der Waals surface area contributed by atoms with Crippen LogP contribution in [0.1, 0.15) is 30.6 Å². The number of nitrogens with zero attached hydrogens (tertiary/aromatic N) is 2. The van der Waals surface area contributed by atoms with E-state index in [1.54, 1.807) is 17.4 Å². The maximum absolute atomic E-state index is 13.8. The summed E-state index contributed by atoms with van der Waals surface area (Å²) in [5.41, 5.74) is 1.55. The van der Waals surface area contributed by atoms with Crippen molar-refractivity contribution in [3.8, 4) is 17.0 Å². The molecule has 0 spiro atoms. The fourth-order valence-corrected chi connectivity index (χ4v) is 5.40. The molecule has 30 heavy (non-hydrogen) atoms. The Bertz CT molecular complexity index is 920. The van der Waals surface area contributed by atoms with Gasteiger partial charge in [-0.25, -0.2) is 9.37 Å². The molecule has 2 aromatic rings. The summed E-state index contributed by atoms with van der Waals surface area (Å²) in [4.78, 5) is 20.3. The van der Waals surface area contributed by atoms with Gasteiger partial charge in [-0.05, 0) is 49.8 Å². The summed E-state index contributed by atoms with van der Waals surface area (Å²) in [6.45, 7) is 3.70. The SMILES string of the molecule is O=C([C@@H]1CCCO1)N1CCC(CNc2nc3c(s2)CCOc2ccc(F)cc2-3)CC1. The van der Waals surface area contributed by atoms with Crippen LogP contribution in [-0.2, 0) is 16.0 Å². The zero-order chi connectivity index (χ0) is 20.5. The summed E-state index contributed by atoms with van der Waals surface area (Å²) in [7, 11) is 0. The number of rotatable bonds is 4. The highest BCUT2D eigenvalue weighted by molar-refractivity contribution is 7.16. The predicted octanol–water partition coefficient (Wildman–Crippen LogP) is 3.71. The predicted molar refractivity (Wildman–Crippen MR) is 113 cm³/mol. The number of amides is 1. The van der Waals surface area contributed by atoms with Gasteiger partial charge in [0.25, 0.3) is 5.91 Å². The summed E-state index contributed by atoms with van der Waals surface area (Å²) in [5.74, 6) is 1.08. The quantitative estimate of drug-likeness (QED) is 0.800. The van der Waals surface area contributed by atoms with Crippen LogP contribution in [0.25, 0.3) is 11.3 Å². The standard InChI is InChI=1S/C22H26FN3O3S/c23-15-3-4-17-16(12-15)20-19(7-11-29-17)30-22(25-20)24-13-14-5-8-26(9-6-14)21(27)18-2-1-10-28-18/h3-4,12,14,18H,1-2,5-11,13H2,(H,24,25)/t18-/m0/s1. The van der Waals surface area contributed by atoms with Crippen molar-refractivity contribution in [2.75, 3.05) is 38.2 Å². The summed E-state index contributed by atoms with van der Waals surface area (Å²) in [6.07, 6.45) is 4.36. The van der Waals surface area contributed by atoms with Crippen molar-refractivity contribution in [3.63, 3.8) is 0 Å². The normalized spacial score (nSPS) is 21.5. The molecular formula is C22H26FN3O3S. The van der Waals surface area contributed by atoms with Crippen LogP contribution in [0.3, 0.4) is 0 Å². The summed E-state index contributed by atoms with van der Waals surface area (Å²) < 4.78 is 25.1. The van der Waals surface area contributed by atoms with E-state index in [4.69, 9.17) is 14.5 Å². The van der Waals surface area contributed by atoms with Crippen LogP contribution in [0.15, 0.2) is 18.2 Å². The van der Waals surface area contributed by atoms with Gasteiger partial charge in [0.1, 0.15) is 17.7 Å². The van der Waals surface area contributed by atoms with Crippen molar-refractivity contribution in [1.82, 2.24) is 9.88 Å².